The number of halogens is 1. The molecule has 0 radical (unpaired) electrons. The van der Waals surface area contributed by atoms with Crippen LogP contribution in [0.4, 0.5) is 14.9 Å². The number of benzene rings is 3. The Morgan fingerprint density at radius 3 is 2.31 bits per heavy atom. The number of imide groups is 1. The molecular formula is C29H23FN2O3S. The minimum Gasteiger partial charge on any atom is -0.489 e. The van der Waals surface area contributed by atoms with E-state index >= 15 is 0 Å². The molecule has 1 aliphatic heterocycles. The van der Waals surface area contributed by atoms with E-state index in [0.717, 1.165) is 34.4 Å². The Labute approximate surface area is 212 Å². The number of nitrogens with zero attached hydrogens (tertiary/aromatic N) is 2. The fourth-order valence-corrected chi connectivity index (χ4v) is 5.04. The lowest BCUT2D eigenvalue weighted by Gasteiger charge is -2.12. The number of thioether (sulfide) groups is 1. The second-order valence-electron chi connectivity index (χ2n) is 8.39. The minimum atomic E-state index is -0.322. The Morgan fingerprint density at radius 1 is 0.889 bits per heavy atom. The van der Waals surface area contributed by atoms with E-state index in [1.807, 2.05) is 50.2 Å². The van der Waals surface area contributed by atoms with Crippen LogP contribution in [-0.2, 0) is 11.4 Å². The number of carbonyl (C=O) groups excluding carboxylic acids is 2. The number of aromatic nitrogens is 1. The van der Waals surface area contributed by atoms with Gasteiger partial charge in [0, 0.05) is 22.6 Å². The first kappa shape index (κ1) is 23.6. The van der Waals surface area contributed by atoms with Crippen LogP contribution < -0.4 is 9.64 Å². The molecule has 1 saturated heterocycles. The normalized spacial score (nSPS) is 14.6. The maximum atomic E-state index is 13.8. The molecule has 1 aliphatic rings. The van der Waals surface area contributed by atoms with Crippen molar-refractivity contribution in [2.24, 2.45) is 0 Å². The van der Waals surface area contributed by atoms with E-state index in [0.29, 0.717) is 21.9 Å². The van der Waals surface area contributed by atoms with Gasteiger partial charge in [-0.2, -0.15) is 0 Å². The van der Waals surface area contributed by atoms with Crippen LogP contribution in [0.5, 0.6) is 5.75 Å². The first-order chi connectivity index (χ1) is 17.4. The molecule has 4 aromatic rings. The summed E-state index contributed by atoms with van der Waals surface area (Å²) in [6.45, 7) is 4.11. The van der Waals surface area contributed by atoms with Crippen molar-refractivity contribution >= 4 is 34.7 Å². The highest BCUT2D eigenvalue weighted by Crippen LogP contribution is 2.36. The summed E-state index contributed by atoms with van der Waals surface area (Å²) in [6.07, 6.45) is 1.78. The molecule has 1 fully saturated rings. The fourth-order valence-electron chi connectivity index (χ4n) is 4.21. The van der Waals surface area contributed by atoms with Gasteiger partial charge in [-0.05, 0) is 85.8 Å². The van der Waals surface area contributed by atoms with Gasteiger partial charge < -0.3 is 9.30 Å². The van der Waals surface area contributed by atoms with Crippen molar-refractivity contribution in [3.05, 3.63) is 118 Å². The monoisotopic (exact) mass is 498 g/mol. The summed E-state index contributed by atoms with van der Waals surface area (Å²) < 4.78 is 21.7. The second kappa shape index (κ2) is 9.87. The lowest BCUT2D eigenvalue weighted by Crippen LogP contribution is -2.27. The third-order valence-electron chi connectivity index (χ3n) is 6.01. The Hall–Kier alpha value is -4.10. The highest BCUT2D eigenvalue weighted by Gasteiger charge is 2.36. The molecular weight excluding hydrogens is 475 g/mol. The Kier molecular flexibility index (Phi) is 6.48. The molecule has 5 rings (SSSR count). The van der Waals surface area contributed by atoms with Crippen LogP contribution in [-0.4, -0.2) is 15.7 Å². The molecule has 2 amide bonds. The quantitative estimate of drug-likeness (QED) is 0.267. The van der Waals surface area contributed by atoms with Gasteiger partial charge in [-0.3, -0.25) is 9.59 Å². The number of amides is 2. The van der Waals surface area contributed by atoms with Crippen LogP contribution in [0.3, 0.4) is 0 Å². The second-order valence-corrected chi connectivity index (χ2v) is 9.38. The van der Waals surface area contributed by atoms with E-state index in [1.54, 1.807) is 48.5 Å². The van der Waals surface area contributed by atoms with Gasteiger partial charge in [-0.1, -0.05) is 36.4 Å². The van der Waals surface area contributed by atoms with Crippen LogP contribution in [0, 0.1) is 19.7 Å². The molecule has 0 spiro atoms. The summed E-state index contributed by atoms with van der Waals surface area (Å²) in [5.74, 6) is 0.0264. The number of rotatable bonds is 6. The maximum Gasteiger partial charge on any atom is 0.298 e. The van der Waals surface area contributed by atoms with Crippen molar-refractivity contribution in [2.45, 2.75) is 20.5 Å². The van der Waals surface area contributed by atoms with Gasteiger partial charge >= 0.3 is 0 Å². The summed E-state index contributed by atoms with van der Waals surface area (Å²) in [6, 6.07) is 25.0. The predicted octanol–water partition coefficient (Wildman–Crippen LogP) is 7.05. The molecule has 180 valence electrons. The zero-order valence-corrected chi connectivity index (χ0v) is 20.6. The third kappa shape index (κ3) is 4.57. The van der Waals surface area contributed by atoms with E-state index in [9.17, 15) is 14.0 Å². The van der Waals surface area contributed by atoms with E-state index in [1.165, 1.54) is 11.0 Å². The number of hydrogen-bond acceptors (Lipinski definition) is 4. The molecule has 5 nitrogen and oxygen atoms in total. The van der Waals surface area contributed by atoms with Gasteiger partial charge in [0.15, 0.2) is 0 Å². The number of ether oxygens (including phenoxy) is 1. The van der Waals surface area contributed by atoms with E-state index in [4.69, 9.17) is 4.74 Å². The van der Waals surface area contributed by atoms with Crippen molar-refractivity contribution < 1.29 is 18.7 Å². The fraction of sp³-hybridized carbons (Fsp3) is 0.103. The zero-order valence-electron chi connectivity index (χ0n) is 19.8. The van der Waals surface area contributed by atoms with Crippen LogP contribution >= 0.6 is 11.8 Å². The first-order valence-electron chi connectivity index (χ1n) is 11.4. The third-order valence-corrected chi connectivity index (χ3v) is 6.88. The number of aryl methyl sites for hydroxylation is 1. The van der Waals surface area contributed by atoms with Crippen LogP contribution in [0.25, 0.3) is 11.8 Å². The van der Waals surface area contributed by atoms with Crippen molar-refractivity contribution in [1.29, 1.82) is 0 Å². The van der Waals surface area contributed by atoms with Gasteiger partial charge in [0.25, 0.3) is 11.1 Å². The Morgan fingerprint density at radius 2 is 1.58 bits per heavy atom. The van der Waals surface area contributed by atoms with Crippen molar-refractivity contribution in [3.8, 4) is 11.4 Å². The van der Waals surface area contributed by atoms with Crippen molar-refractivity contribution in [2.75, 3.05) is 4.90 Å². The lowest BCUT2D eigenvalue weighted by molar-refractivity contribution is -0.113. The van der Waals surface area contributed by atoms with Crippen molar-refractivity contribution in [3.63, 3.8) is 0 Å². The lowest BCUT2D eigenvalue weighted by atomic mass is 10.2. The highest BCUT2D eigenvalue weighted by atomic mass is 32.2. The van der Waals surface area contributed by atoms with Gasteiger partial charge in [0.05, 0.1) is 10.6 Å². The maximum absolute atomic E-state index is 13.8. The molecule has 3 aromatic carbocycles. The summed E-state index contributed by atoms with van der Waals surface area (Å²) in [4.78, 5) is 27.1. The predicted molar refractivity (Wildman–Crippen MR) is 141 cm³/mol. The molecule has 2 heterocycles. The first-order valence-corrected chi connectivity index (χ1v) is 12.2. The molecule has 0 N–H and O–H groups in total. The molecule has 0 aliphatic carbocycles. The molecule has 0 atom stereocenters. The molecule has 36 heavy (non-hydrogen) atoms. The average Bonchev–Trinajstić information content (AvgIpc) is 3.32. The number of anilines is 1. The number of para-hydroxylation sites is 1. The topological polar surface area (TPSA) is 51.5 Å². The Balaban J connectivity index is 1.36. The largest absolute Gasteiger partial charge is 0.489 e. The summed E-state index contributed by atoms with van der Waals surface area (Å²) in [5, 5.41) is -0.308. The van der Waals surface area contributed by atoms with Crippen LogP contribution in [0.2, 0.25) is 0 Å². The molecule has 0 saturated carbocycles. The van der Waals surface area contributed by atoms with E-state index in [-0.39, 0.29) is 23.6 Å². The summed E-state index contributed by atoms with van der Waals surface area (Å²) in [7, 11) is 0. The van der Waals surface area contributed by atoms with Crippen molar-refractivity contribution in [1.82, 2.24) is 4.57 Å². The SMILES string of the molecule is Cc1cc(/C=C2\SC(=O)N(c3ccccc3)C2=O)c(C)n1-c1ccc(OCc2ccccc2F)cc1. The number of carbonyl (C=O) groups is 2. The average molecular weight is 499 g/mol. The molecule has 0 bridgehead atoms. The van der Waals surface area contributed by atoms with Gasteiger partial charge in [-0.15, -0.1) is 0 Å². The zero-order chi connectivity index (χ0) is 25.2. The molecule has 1 aromatic heterocycles. The highest BCUT2D eigenvalue weighted by molar-refractivity contribution is 8.19. The standard InChI is InChI=1S/C29H23FN2O3S/c1-19-16-22(17-27-28(33)32(29(34)36-27)23-9-4-3-5-10-23)20(2)31(19)24-12-14-25(15-13-24)35-18-21-8-6-7-11-26(21)30/h3-17H,18H2,1-2H3/b27-17-. The Bertz CT molecular complexity index is 1480. The van der Waals surface area contributed by atoms with Gasteiger partial charge in [0.1, 0.15) is 18.2 Å². The minimum absolute atomic E-state index is 0.149. The summed E-state index contributed by atoms with van der Waals surface area (Å²) >= 11 is 0.944. The van der Waals surface area contributed by atoms with E-state index in [2.05, 4.69) is 4.57 Å². The molecule has 7 heteroatoms. The van der Waals surface area contributed by atoms with E-state index < -0.39 is 0 Å². The summed E-state index contributed by atoms with van der Waals surface area (Å²) in [5.41, 5.74) is 4.79. The molecule has 0 unspecified atom stereocenters. The smallest absolute Gasteiger partial charge is 0.298 e. The number of hydrogen-bond donors (Lipinski definition) is 0. The van der Waals surface area contributed by atoms with Crippen LogP contribution in [0.1, 0.15) is 22.5 Å². The van der Waals surface area contributed by atoms with Gasteiger partial charge in [0.2, 0.25) is 0 Å². The van der Waals surface area contributed by atoms with Gasteiger partial charge in [-0.25, -0.2) is 9.29 Å². The van der Waals surface area contributed by atoms with Crippen LogP contribution in [0.15, 0.2) is 89.8 Å².